The quantitative estimate of drug-likeness (QED) is 0.631. The molecule has 2 aromatic carbocycles. The summed E-state index contributed by atoms with van der Waals surface area (Å²) in [5.74, 6) is -0.0141. The van der Waals surface area contributed by atoms with Crippen molar-refractivity contribution in [2.24, 2.45) is 0 Å². The number of oxazole rings is 1. The third-order valence-corrected chi connectivity index (χ3v) is 4.15. The minimum Gasteiger partial charge on any atom is -0.441 e. The Hall–Kier alpha value is -2.74. The van der Waals surface area contributed by atoms with Crippen molar-refractivity contribution in [1.29, 1.82) is 0 Å². The second kappa shape index (κ2) is 7.11. The Morgan fingerprint density at radius 1 is 1.22 bits per heavy atom. The molecule has 0 bridgehead atoms. The molecule has 27 heavy (non-hydrogen) atoms. The fourth-order valence-electron chi connectivity index (χ4n) is 2.49. The summed E-state index contributed by atoms with van der Waals surface area (Å²) in [6, 6.07) is 7.17. The molecule has 2 N–H and O–H groups in total. The number of benzene rings is 2. The zero-order valence-corrected chi connectivity index (χ0v) is 15.1. The molecule has 1 atom stereocenters. The molecule has 1 amide bonds. The molecular weight excluding hydrogens is 383 g/mol. The van der Waals surface area contributed by atoms with Gasteiger partial charge in [-0.2, -0.15) is 13.2 Å². The van der Waals surface area contributed by atoms with E-state index in [-0.39, 0.29) is 10.7 Å². The first kappa shape index (κ1) is 19.0. The van der Waals surface area contributed by atoms with Crippen LogP contribution in [0.3, 0.4) is 0 Å². The monoisotopic (exact) mass is 397 g/mol. The number of carbonyl (C=O) groups excluding carboxylic acids is 1. The van der Waals surface area contributed by atoms with E-state index in [4.69, 9.17) is 16.0 Å². The van der Waals surface area contributed by atoms with Crippen molar-refractivity contribution in [3.05, 3.63) is 52.9 Å². The fourth-order valence-corrected chi connectivity index (χ4v) is 2.65. The summed E-state index contributed by atoms with van der Waals surface area (Å²) in [6.45, 7) is 3.30. The van der Waals surface area contributed by atoms with Gasteiger partial charge < -0.3 is 15.1 Å². The number of rotatable bonds is 4. The summed E-state index contributed by atoms with van der Waals surface area (Å²) in [6.07, 6.45) is -4.53. The van der Waals surface area contributed by atoms with Gasteiger partial charge >= 0.3 is 6.18 Å². The molecule has 1 aromatic heterocycles. The Morgan fingerprint density at radius 3 is 2.67 bits per heavy atom. The molecule has 5 nitrogen and oxygen atoms in total. The molecule has 1 unspecified atom stereocenters. The summed E-state index contributed by atoms with van der Waals surface area (Å²) in [4.78, 5) is 16.6. The van der Waals surface area contributed by atoms with Crippen molar-refractivity contribution in [2.75, 3.05) is 10.6 Å². The van der Waals surface area contributed by atoms with Crippen molar-refractivity contribution in [2.45, 2.75) is 26.1 Å². The third kappa shape index (κ3) is 4.33. The van der Waals surface area contributed by atoms with E-state index >= 15 is 0 Å². The molecular formula is C18H15ClF3N3O2. The lowest BCUT2D eigenvalue weighted by Gasteiger charge is -2.17. The Labute approximate surface area is 157 Å². The summed E-state index contributed by atoms with van der Waals surface area (Å²) >= 11 is 5.90. The highest BCUT2D eigenvalue weighted by atomic mass is 35.5. The van der Waals surface area contributed by atoms with E-state index in [2.05, 4.69) is 15.6 Å². The predicted octanol–water partition coefficient (Wildman–Crippen LogP) is 5.25. The number of aryl methyl sites for hydroxylation is 1. The van der Waals surface area contributed by atoms with Gasteiger partial charge in [-0.25, -0.2) is 4.98 Å². The maximum Gasteiger partial charge on any atom is 0.416 e. The van der Waals surface area contributed by atoms with Crippen molar-refractivity contribution >= 4 is 40.0 Å². The number of anilines is 2. The smallest absolute Gasteiger partial charge is 0.416 e. The zero-order valence-electron chi connectivity index (χ0n) is 14.3. The van der Waals surface area contributed by atoms with Crippen LogP contribution in [0.4, 0.5) is 24.5 Å². The van der Waals surface area contributed by atoms with Gasteiger partial charge in [0.15, 0.2) is 11.5 Å². The average molecular weight is 398 g/mol. The second-order valence-electron chi connectivity index (χ2n) is 5.96. The van der Waals surface area contributed by atoms with E-state index in [1.165, 1.54) is 0 Å². The number of nitrogens with zero attached hydrogens (tertiary/aromatic N) is 1. The summed E-state index contributed by atoms with van der Waals surface area (Å²) in [7, 11) is 0. The number of carbonyl (C=O) groups is 1. The zero-order chi connectivity index (χ0) is 19.8. The molecule has 0 spiro atoms. The summed E-state index contributed by atoms with van der Waals surface area (Å²) < 4.78 is 43.9. The van der Waals surface area contributed by atoms with Crippen LogP contribution in [0.1, 0.15) is 18.4 Å². The Kier molecular flexibility index (Phi) is 5.01. The van der Waals surface area contributed by atoms with E-state index in [1.54, 1.807) is 32.0 Å². The van der Waals surface area contributed by atoms with E-state index in [0.29, 0.717) is 22.7 Å². The Bertz CT molecular complexity index is 1000. The number of hydrogen-bond donors (Lipinski definition) is 2. The van der Waals surface area contributed by atoms with Crippen molar-refractivity contribution in [1.82, 2.24) is 4.98 Å². The molecule has 0 aliphatic rings. The first-order valence-electron chi connectivity index (χ1n) is 7.95. The van der Waals surface area contributed by atoms with Gasteiger partial charge in [-0.3, -0.25) is 4.79 Å². The van der Waals surface area contributed by atoms with Crippen LogP contribution < -0.4 is 10.6 Å². The number of hydrogen-bond acceptors (Lipinski definition) is 4. The molecule has 142 valence electrons. The van der Waals surface area contributed by atoms with Crippen LogP contribution in [0.15, 0.2) is 40.8 Å². The van der Waals surface area contributed by atoms with Gasteiger partial charge in [0.1, 0.15) is 11.6 Å². The molecule has 9 heteroatoms. The number of fused-ring (bicyclic) bond motifs is 1. The van der Waals surface area contributed by atoms with Gasteiger partial charge in [0.05, 0.1) is 16.3 Å². The lowest BCUT2D eigenvalue weighted by atomic mass is 10.2. The molecule has 0 aliphatic heterocycles. The van der Waals surface area contributed by atoms with E-state index in [0.717, 1.165) is 18.2 Å². The molecule has 3 rings (SSSR count). The van der Waals surface area contributed by atoms with E-state index in [1.807, 2.05) is 0 Å². The van der Waals surface area contributed by atoms with Gasteiger partial charge in [-0.05, 0) is 43.3 Å². The lowest BCUT2D eigenvalue weighted by Crippen LogP contribution is -2.32. The largest absolute Gasteiger partial charge is 0.441 e. The highest BCUT2D eigenvalue weighted by Crippen LogP contribution is 2.34. The van der Waals surface area contributed by atoms with Crippen LogP contribution in [-0.4, -0.2) is 16.9 Å². The first-order valence-corrected chi connectivity index (χ1v) is 8.32. The normalized spacial score (nSPS) is 12.8. The predicted molar refractivity (Wildman–Crippen MR) is 96.9 cm³/mol. The minimum atomic E-state index is -4.53. The number of nitrogens with one attached hydrogen (secondary N) is 2. The molecule has 1 heterocycles. The van der Waals surface area contributed by atoms with Crippen molar-refractivity contribution < 1.29 is 22.4 Å². The highest BCUT2D eigenvalue weighted by Gasteiger charge is 2.31. The van der Waals surface area contributed by atoms with Crippen LogP contribution in [0.25, 0.3) is 11.1 Å². The van der Waals surface area contributed by atoms with Crippen LogP contribution in [-0.2, 0) is 11.0 Å². The van der Waals surface area contributed by atoms with Crippen LogP contribution >= 0.6 is 11.6 Å². The first-order chi connectivity index (χ1) is 12.6. The number of aromatic nitrogens is 1. The van der Waals surface area contributed by atoms with E-state index in [9.17, 15) is 18.0 Å². The third-order valence-electron chi connectivity index (χ3n) is 3.82. The SMILES string of the molecule is Cc1nc2cc(NC(C)C(=O)Nc3cc(C(F)(F)F)ccc3Cl)ccc2o1. The molecule has 0 fully saturated rings. The maximum absolute atomic E-state index is 12.8. The van der Waals surface area contributed by atoms with Gasteiger partial charge in [0.25, 0.3) is 0 Å². The van der Waals surface area contributed by atoms with E-state index < -0.39 is 23.7 Å². The van der Waals surface area contributed by atoms with Crippen molar-refractivity contribution in [3.8, 4) is 0 Å². The molecule has 0 aliphatic carbocycles. The lowest BCUT2D eigenvalue weighted by molar-refractivity contribution is -0.137. The number of alkyl halides is 3. The molecule has 0 saturated carbocycles. The van der Waals surface area contributed by atoms with Crippen molar-refractivity contribution in [3.63, 3.8) is 0 Å². The number of halogens is 4. The second-order valence-corrected chi connectivity index (χ2v) is 6.37. The maximum atomic E-state index is 12.8. The van der Waals surface area contributed by atoms with Crippen LogP contribution in [0.5, 0.6) is 0 Å². The number of amides is 1. The van der Waals surface area contributed by atoms with Gasteiger partial charge in [0.2, 0.25) is 5.91 Å². The summed E-state index contributed by atoms with van der Waals surface area (Å²) in [5.41, 5.74) is 0.868. The highest BCUT2D eigenvalue weighted by molar-refractivity contribution is 6.33. The Morgan fingerprint density at radius 2 is 1.96 bits per heavy atom. The average Bonchev–Trinajstić information content (AvgIpc) is 2.95. The molecule has 3 aromatic rings. The standard InChI is InChI=1S/C18H15ClF3N3O2/c1-9(23-12-4-6-16-15(8-12)24-10(2)27-16)17(26)25-14-7-11(18(20,21)22)3-5-13(14)19/h3-9,23H,1-2H3,(H,25,26). The molecule has 0 saturated heterocycles. The Balaban J connectivity index is 1.73. The van der Waals surface area contributed by atoms with Crippen LogP contribution in [0.2, 0.25) is 5.02 Å². The summed E-state index contributed by atoms with van der Waals surface area (Å²) in [5, 5.41) is 5.40. The molecule has 0 radical (unpaired) electrons. The van der Waals surface area contributed by atoms with Gasteiger partial charge in [0, 0.05) is 12.6 Å². The van der Waals surface area contributed by atoms with Gasteiger partial charge in [-0.1, -0.05) is 11.6 Å². The minimum absolute atomic E-state index is 0.0167. The fraction of sp³-hybridized carbons (Fsp3) is 0.222. The van der Waals surface area contributed by atoms with Gasteiger partial charge in [-0.15, -0.1) is 0 Å². The topological polar surface area (TPSA) is 67.2 Å². The van der Waals surface area contributed by atoms with Crippen LogP contribution in [0, 0.1) is 6.92 Å².